The third-order valence-electron chi connectivity index (χ3n) is 8.69. The molecule has 3 aliphatic rings. The summed E-state index contributed by atoms with van der Waals surface area (Å²) in [4.78, 5) is 29.6. The predicted octanol–water partition coefficient (Wildman–Crippen LogP) is 6.04. The molecule has 0 aromatic heterocycles. The van der Waals surface area contributed by atoms with Gasteiger partial charge in [0.15, 0.2) is 0 Å². The largest absolute Gasteiger partial charge is 0.378 e. The van der Waals surface area contributed by atoms with Crippen molar-refractivity contribution in [3.05, 3.63) is 101 Å². The van der Waals surface area contributed by atoms with E-state index in [2.05, 4.69) is 70.1 Å². The van der Waals surface area contributed by atoms with Crippen molar-refractivity contribution >= 4 is 17.5 Å². The zero-order chi connectivity index (χ0) is 25.4. The second kappa shape index (κ2) is 10.0. The van der Waals surface area contributed by atoms with E-state index in [1.54, 1.807) is 0 Å². The minimum absolute atomic E-state index is 0.0461. The zero-order valence-electron chi connectivity index (χ0n) is 21.4. The summed E-state index contributed by atoms with van der Waals surface area (Å²) in [6, 6.07) is 26.8. The first kappa shape index (κ1) is 23.8. The van der Waals surface area contributed by atoms with Crippen LogP contribution in [0, 0.1) is 18.8 Å². The van der Waals surface area contributed by atoms with Gasteiger partial charge in [-0.1, -0.05) is 79.6 Å². The van der Waals surface area contributed by atoms with Gasteiger partial charge in [0.2, 0.25) is 5.91 Å². The maximum Gasteiger partial charge on any atom is 0.251 e. The summed E-state index contributed by atoms with van der Waals surface area (Å²) in [5.74, 6) is 0.256. The number of fused-ring (bicyclic) bond motifs is 3. The molecule has 2 amide bonds. The highest BCUT2D eigenvalue weighted by Gasteiger charge is 2.48. The second-order valence-corrected chi connectivity index (χ2v) is 10.8. The van der Waals surface area contributed by atoms with Gasteiger partial charge in [-0.15, -0.1) is 0 Å². The van der Waals surface area contributed by atoms with Gasteiger partial charge in [-0.3, -0.25) is 9.59 Å². The van der Waals surface area contributed by atoms with Gasteiger partial charge in [-0.25, -0.2) is 0 Å². The van der Waals surface area contributed by atoms with Crippen LogP contribution in [-0.2, 0) is 4.79 Å². The van der Waals surface area contributed by atoms with Crippen molar-refractivity contribution < 1.29 is 9.59 Å². The van der Waals surface area contributed by atoms with E-state index in [4.69, 9.17) is 0 Å². The monoisotopic (exact) mass is 493 g/mol. The molecule has 37 heavy (non-hydrogen) atoms. The van der Waals surface area contributed by atoms with Gasteiger partial charge in [0, 0.05) is 29.8 Å². The van der Waals surface area contributed by atoms with Crippen LogP contribution in [0.1, 0.15) is 71.2 Å². The van der Waals surface area contributed by atoms with Crippen LogP contribution >= 0.6 is 0 Å². The maximum absolute atomic E-state index is 14.3. The van der Waals surface area contributed by atoms with E-state index >= 15 is 0 Å². The molecule has 1 saturated carbocycles. The second-order valence-electron chi connectivity index (χ2n) is 10.8. The Morgan fingerprint density at radius 1 is 0.865 bits per heavy atom. The van der Waals surface area contributed by atoms with Gasteiger partial charge in [0.1, 0.15) is 0 Å². The third-order valence-corrected chi connectivity index (χ3v) is 8.69. The number of hydrogen-bond acceptors (Lipinski definition) is 3. The molecule has 0 spiro atoms. The van der Waals surface area contributed by atoms with Crippen molar-refractivity contribution in [1.29, 1.82) is 0 Å². The molecule has 5 nitrogen and oxygen atoms in total. The van der Waals surface area contributed by atoms with E-state index < -0.39 is 0 Å². The van der Waals surface area contributed by atoms with Crippen LogP contribution in [0.4, 0.5) is 5.69 Å². The van der Waals surface area contributed by atoms with E-state index in [1.165, 1.54) is 11.1 Å². The molecule has 3 aromatic carbocycles. The first-order chi connectivity index (χ1) is 18.1. The Labute approximate surface area is 219 Å². The van der Waals surface area contributed by atoms with Crippen molar-refractivity contribution in [1.82, 2.24) is 10.2 Å². The molecule has 1 aliphatic carbocycles. The number of anilines is 1. The van der Waals surface area contributed by atoms with Gasteiger partial charge in [0.05, 0.1) is 18.0 Å². The van der Waals surface area contributed by atoms with Crippen LogP contribution < -0.4 is 10.6 Å². The smallest absolute Gasteiger partial charge is 0.251 e. The highest BCUT2D eigenvalue weighted by Crippen LogP contribution is 2.51. The van der Waals surface area contributed by atoms with Gasteiger partial charge in [0.25, 0.3) is 5.91 Å². The minimum atomic E-state index is -0.183. The van der Waals surface area contributed by atoms with E-state index in [0.29, 0.717) is 11.5 Å². The summed E-state index contributed by atoms with van der Waals surface area (Å²) < 4.78 is 0. The van der Waals surface area contributed by atoms with Gasteiger partial charge in [-0.05, 0) is 55.0 Å². The number of carbonyl (C=O) groups excluding carboxylic acids is 2. The van der Waals surface area contributed by atoms with Crippen LogP contribution in [0.25, 0.3) is 0 Å². The molecule has 3 aromatic rings. The molecule has 6 rings (SSSR count). The summed E-state index contributed by atoms with van der Waals surface area (Å²) >= 11 is 0. The van der Waals surface area contributed by atoms with Crippen LogP contribution in [0.3, 0.4) is 0 Å². The molecule has 0 unspecified atom stereocenters. The predicted molar refractivity (Wildman–Crippen MR) is 146 cm³/mol. The van der Waals surface area contributed by atoms with Crippen LogP contribution in [-0.4, -0.2) is 29.3 Å². The van der Waals surface area contributed by atoms with Crippen LogP contribution in [0.5, 0.6) is 0 Å². The fourth-order valence-corrected chi connectivity index (χ4v) is 6.85. The van der Waals surface area contributed by atoms with E-state index in [1.807, 2.05) is 31.2 Å². The molecule has 5 heteroatoms. The lowest BCUT2D eigenvalue weighted by atomic mass is 9.79. The van der Waals surface area contributed by atoms with Crippen molar-refractivity contribution in [3.63, 3.8) is 0 Å². The fourth-order valence-electron chi connectivity index (χ4n) is 6.85. The van der Waals surface area contributed by atoms with Crippen molar-refractivity contribution in [3.8, 4) is 0 Å². The zero-order valence-corrected chi connectivity index (χ0v) is 21.4. The highest BCUT2D eigenvalue weighted by molar-refractivity contribution is 5.96. The average Bonchev–Trinajstić information content (AvgIpc) is 3.39. The molecule has 2 fully saturated rings. The van der Waals surface area contributed by atoms with E-state index in [0.717, 1.165) is 49.9 Å². The fraction of sp³-hybridized carbons (Fsp3) is 0.375. The number of nitrogens with one attached hydrogen (secondary N) is 2. The Bertz CT molecular complexity index is 1290. The van der Waals surface area contributed by atoms with E-state index in [9.17, 15) is 9.59 Å². The summed E-state index contributed by atoms with van der Waals surface area (Å²) in [6.07, 6.45) is 4.70. The SMILES string of the molecule is Cc1ccccc1C(=O)N[C@@H]1CCCC[C@@H]1C(=O)N1CC[C@H]2[C@H](c3ccccc3)Nc3ccccc3[C@@H]21. The first-order valence-corrected chi connectivity index (χ1v) is 13.7. The van der Waals surface area contributed by atoms with Crippen molar-refractivity contribution in [2.75, 3.05) is 11.9 Å². The highest BCUT2D eigenvalue weighted by atomic mass is 16.2. The molecule has 5 atom stereocenters. The van der Waals surface area contributed by atoms with Gasteiger partial charge < -0.3 is 15.5 Å². The maximum atomic E-state index is 14.3. The van der Waals surface area contributed by atoms with Crippen molar-refractivity contribution in [2.24, 2.45) is 11.8 Å². The Morgan fingerprint density at radius 3 is 2.43 bits per heavy atom. The lowest BCUT2D eigenvalue weighted by Crippen LogP contribution is -2.50. The minimum Gasteiger partial charge on any atom is -0.378 e. The standard InChI is InChI=1S/C32H35N3O2/c1-21-11-5-6-14-23(21)31(36)34-28-18-10-8-16-25(28)32(37)35-20-19-26-29(22-12-3-2-4-13-22)33-27-17-9-7-15-24(27)30(26)35/h2-7,9,11-15,17,25-26,28-30,33H,8,10,16,18-20H2,1H3,(H,34,36)/t25-,26-,28+,29-,30-/m0/s1. The molecule has 0 bridgehead atoms. The Hall–Kier alpha value is -3.60. The van der Waals surface area contributed by atoms with Crippen molar-refractivity contribution in [2.45, 2.75) is 57.2 Å². The molecular formula is C32H35N3O2. The van der Waals surface area contributed by atoms with Gasteiger partial charge >= 0.3 is 0 Å². The Kier molecular flexibility index (Phi) is 6.45. The molecule has 190 valence electrons. The summed E-state index contributed by atoms with van der Waals surface area (Å²) in [6.45, 7) is 2.71. The first-order valence-electron chi connectivity index (χ1n) is 13.7. The topological polar surface area (TPSA) is 61.4 Å². The number of para-hydroxylation sites is 1. The average molecular weight is 494 g/mol. The summed E-state index contributed by atoms with van der Waals surface area (Å²) in [7, 11) is 0. The number of hydrogen-bond donors (Lipinski definition) is 2. The van der Waals surface area contributed by atoms with Crippen LogP contribution in [0.2, 0.25) is 0 Å². The number of rotatable bonds is 4. The molecule has 2 aliphatic heterocycles. The number of likely N-dealkylation sites (tertiary alicyclic amines) is 1. The lowest BCUT2D eigenvalue weighted by Gasteiger charge is -2.42. The Morgan fingerprint density at radius 2 is 1.59 bits per heavy atom. The number of aryl methyl sites for hydroxylation is 1. The molecular weight excluding hydrogens is 458 g/mol. The molecule has 0 radical (unpaired) electrons. The van der Waals surface area contributed by atoms with Crippen LogP contribution in [0.15, 0.2) is 78.9 Å². The number of nitrogens with zero attached hydrogens (tertiary/aromatic N) is 1. The summed E-state index contributed by atoms with van der Waals surface area (Å²) in [5, 5.41) is 7.04. The lowest BCUT2D eigenvalue weighted by molar-refractivity contribution is -0.138. The normalized spacial score (nSPS) is 26.5. The number of amides is 2. The van der Waals surface area contributed by atoms with Gasteiger partial charge in [-0.2, -0.15) is 0 Å². The molecule has 1 saturated heterocycles. The summed E-state index contributed by atoms with van der Waals surface area (Å²) in [5.41, 5.74) is 5.24. The Balaban J connectivity index is 1.28. The molecule has 2 heterocycles. The number of benzene rings is 3. The number of carbonyl (C=O) groups is 2. The molecule has 2 N–H and O–H groups in total. The van der Waals surface area contributed by atoms with E-state index in [-0.39, 0.29) is 35.9 Å². The third kappa shape index (κ3) is 4.41. The quantitative estimate of drug-likeness (QED) is 0.466.